The molecule has 0 amide bonds. The molecule has 0 atom stereocenters. The molecule has 1 aromatic heterocycles. The summed E-state index contributed by atoms with van der Waals surface area (Å²) in [5, 5.41) is 0.869. The van der Waals surface area contributed by atoms with Crippen molar-refractivity contribution in [3.8, 4) is 22.4 Å². The lowest BCUT2D eigenvalue weighted by molar-refractivity contribution is 0.507. The molecule has 0 aliphatic rings. The van der Waals surface area contributed by atoms with Crippen LogP contribution in [-0.2, 0) is 16.3 Å². The normalized spacial score (nSPS) is 11.6. The van der Waals surface area contributed by atoms with Gasteiger partial charge in [0, 0.05) is 18.2 Å². The zero-order valence-electron chi connectivity index (χ0n) is 16.0. The van der Waals surface area contributed by atoms with E-state index in [1.54, 1.807) is 42.7 Å². The van der Waals surface area contributed by atoms with Crippen molar-refractivity contribution in [2.45, 2.75) is 11.3 Å². The molecule has 0 bridgehead atoms. The minimum absolute atomic E-state index is 0.258. The number of benzene rings is 3. The lowest BCUT2D eigenvalue weighted by atomic mass is 10.0. The summed E-state index contributed by atoms with van der Waals surface area (Å²) in [6.07, 6.45) is 3.29. The fraction of sp³-hybridized carbons (Fsp3) is 0.0870. The minimum Gasteiger partial charge on any atom is -0.448 e. The lowest BCUT2D eigenvalue weighted by Gasteiger charge is -2.09. The maximum absolute atomic E-state index is 11.6. The Morgan fingerprint density at radius 3 is 2.13 bits per heavy atom. The van der Waals surface area contributed by atoms with Gasteiger partial charge in [0.25, 0.3) is 0 Å². The smallest absolute Gasteiger partial charge is 0.198 e. The van der Waals surface area contributed by atoms with Crippen LogP contribution in [0.3, 0.4) is 0 Å². The molecule has 0 saturated carbocycles. The van der Waals surface area contributed by atoms with Crippen LogP contribution in [0.2, 0.25) is 10.0 Å². The highest BCUT2D eigenvalue weighted by Crippen LogP contribution is 2.38. The van der Waals surface area contributed by atoms with Gasteiger partial charge in [-0.2, -0.15) is 0 Å². The number of hydrogen-bond acceptors (Lipinski definition) is 4. The highest BCUT2D eigenvalue weighted by molar-refractivity contribution is 7.90. The Balaban J connectivity index is 1.64. The van der Waals surface area contributed by atoms with E-state index in [2.05, 4.69) is 4.98 Å². The van der Waals surface area contributed by atoms with Gasteiger partial charge in [0.15, 0.2) is 15.7 Å². The van der Waals surface area contributed by atoms with Crippen molar-refractivity contribution in [3.05, 3.63) is 94.5 Å². The summed E-state index contributed by atoms with van der Waals surface area (Å²) >= 11 is 13.1. The van der Waals surface area contributed by atoms with Crippen molar-refractivity contribution in [1.29, 1.82) is 0 Å². The second kappa shape index (κ2) is 8.26. The molecule has 3 aromatic carbocycles. The third-order valence-corrected chi connectivity index (χ3v) is 6.39. The highest BCUT2D eigenvalue weighted by atomic mass is 35.5. The molecule has 0 fully saturated rings. The zero-order valence-corrected chi connectivity index (χ0v) is 18.3. The maximum Gasteiger partial charge on any atom is 0.198 e. The quantitative estimate of drug-likeness (QED) is 0.352. The molecular formula is C23H17Cl2NO3S. The second-order valence-corrected chi connectivity index (χ2v) is 9.73. The van der Waals surface area contributed by atoms with E-state index in [0.29, 0.717) is 33.6 Å². The van der Waals surface area contributed by atoms with Crippen molar-refractivity contribution in [2.24, 2.45) is 0 Å². The topological polar surface area (TPSA) is 60.2 Å². The predicted molar refractivity (Wildman–Crippen MR) is 120 cm³/mol. The van der Waals surface area contributed by atoms with Crippen LogP contribution < -0.4 is 0 Å². The molecule has 4 aromatic rings. The van der Waals surface area contributed by atoms with E-state index in [1.165, 1.54) is 6.26 Å². The molecule has 0 radical (unpaired) electrons. The van der Waals surface area contributed by atoms with E-state index < -0.39 is 9.84 Å². The molecule has 0 unspecified atom stereocenters. The summed E-state index contributed by atoms with van der Waals surface area (Å²) in [4.78, 5) is 4.79. The Kier molecular flexibility index (Phi) is 5.69. The van der Waals surface area contributed by atoms with Crippen LogP contribution in [0.15, 0.2) is 82.3 Å². The van der Waals surface area contributed by atoms with Gasteiger partial charge in [-0.15, -0.1) is 0 Å². The minimum atomic E-state index is -3.25. The van der Waals surface area contributed by atoms with Gasteiger partial charge < -0.3 is 4.42 Å². The van der Waals surface area contributed by atoms with Crippen LogP contribution >= 0.6 is 23.2 Å². The number of nitrogens with zero attached hydrogens (tertiary/aromatic N) is 1. The van der Waals surface area contributed by atoms with Crippen molar-refractivity contribution < 1.29 is 12.8 Å². The van der Waals surface area contributed by atoms with Gasteiger partial charge in [0.2, 0.25) is 0 Å². The van der Waals surface area contributed by atoms with Gasteiger partial charge in [-0.1, -0.05) is 65.7 Å². The Hall–Kier alpha value is -2.60. The molecule has 0 saturated heterocycles. The van der Waals surface area contributed by atoms with Crippen LogP contribution in [-0.4, -0.2) is 19.7 Å². The molecule has 30 heavy (non-hydrogen) atoms. The number of oxazole rings is 1. The molecule has 1 heterocycles. The average molecular weight is 458 g/mol. The standard InChI is InChI=1S/C23H17Cl2NO3S/c1-30(27,28)18-9-7-16(8-10-18)17-12-19(24)23(20(25)13-17)21-14-29-22(26-21)11-15-5-3-2-4-6-15/h2-10,12-14H,11H2,1H3. The molecule has 7 heteroatoms. The van der Waals surface area contributed by atoms with Gasteiger partial charge in [-0.05, 0) is 41.0 Å². The first-order valence-corrected chi connectivity index (χ1v) is 11.7. The Labute approximate surface area is 185 Å². The molecular weight excluding hydrogens is 441 g/mol. The first-order chi connectivity index (χ1) is 14.3. The molecule has 0 spiro atoms. The zero-order chi connectivity index (χ0) is 21.3. The first kappa shape index (κ1) is 20.7. The highest BCUT2D eigenvalue weighted by Gasteiger charge is 2.16. The fourth-order valence-electron chi connectivity index (χ4n) is 3.16. The van der Waals surface area contributed by atoms with Gasteiger partial charge in [-0.3, -0.25) is 0 Å². The SMILES string of the molecule is CS(=O)(=O)c1ccc(-c2cc(Cl)c(-c3coc(Cc4ccccc4)n3)c(Cl)c2)cc1. The van der Waals surface area contributed by atoms with Gasteiger partial charge in [-0.25, -0.2) is 13.4 Å². The molecule has 0 aliphatic heterocycles. The average Bonchev–Trinajstić information content (AvgIpc) is 3.15. The van der Waals surface area contributed by atoms with Crippen molar-refractivity contribution in [3.63, 3.8) is 0 Å². The van der Waals surface area contributed by atoms with Crippen LogP contribution in [0.25, 0.3) is 22.4 Å². The third-order valence-electron chi connectivity index (χ3n) is 4.66. The van der Waals surface area contributed by atoms with Crippen LogP contribution in [0.5, 0.6) is 0 Å². The number of aromatic nitrogens is 1. The van der Waals surface area contributed by atoms with E-state index in [1.807, 2.05) is 30.3 Å². The Morgan fingerprint density at radius 2 is 1.53 bits per heavy atom. The van der Waals surface area contributed by atoms with Crippen LogP contribution in [0.1, 0.15) is 11.5 Å². The monoisotopic (exact) mass is 457 g/mol. The van der Waals surface area contributed by atoms with E-state index in [4.69, 9.17) is 27.6 Å². The maximum atomic E-state index is 11.6. The van der Waals surface area contributed by atoms with Gasteiger partial charge in [0.1, 0.15) is 12.0 Å². The van der Waals surface area contributed by atoms with E-state index in [0.717, 1.165) is 16.7 Å². The summed E-state index contributed by atoms with van der Waals surface area (Å²) in [7, 11) is -3.25. The van der Waals surface area contributed by atoms with Crippen molar-refractivity contribution >= 4 is 33.0 Å². The number of rotatable bonds is 5. The lowest BCUT2D eigenvalue weighted by Crippen LogP contribution is -1.96. The fourth-order valence-corrected chi connectivity index (χ4v) is 4.47. The third kappa shape index (κ3) is 4.43. The van der Waals surface area contributed by atoms with Crippen molar-refractivity contribution in [2.75, 3.05) is 6.26 Å². The molecule has 4 rings (SSSR count). The Morgan fingerprint density at radius 1 is 0.900 bits per heavy atom. The van der Waals surface area contributed by atoms with E-state index in [9.17, 15) is 8.42 Å². The summed E-state index contributed by atoms with van der Waals surface area (Å²) < 4.78 is 28.9. The van der Waals surface area contributed by atoms with Crippen molar-refractivity contribution in [1.82, 2.24) is 4.98 Å². The number of sulfone groups is 1. The van der Waals surface area contributed by atoms with Crippen LogP contribution in [0, 0.1) is 0 Å². The summed E-state index contributed by atoms with van der Waals surface area (Å²) in [6, 6.07) is 20.1. The number of hydrogen-bond donors (Lipinski definition) is 0. The molecule has 152 valence electrons. The summed E-state index contributed by atoms with van der Waals surface area (Å²) in [6.45, 7) is 0. The summed E-state index contributed by atoms with van der Waals surface area (Å²) in [5.41, 5.74) is 3.84. The summed E-state index contributed by atoms with van der Waals surface area (Å²) in [5.74, 6) is 0.573. The molecule has 4 nitrogen and oxygen atoms in total. The largest absolute Gasteiger partial charge is 0.448 e. The number of halogens is 2. The van der Waals surface area contributed by atoms with E-state index >= 15 is 0 Å². The molecule has 0 aliphatic carbocycles. The predicted octanol–water partition coefficient (Wildman–Crippen LogP) is 6.31. The molecule has 0 N–H and O–H groups in total. The van der Waals surface area contributed by atoms with Gasteiger partial charge in [0.05, 0.1) is 14.9 Å². The van der Waals surface area contributed by atoms with E-state index in [-0.39, 0.29) is 4.90 Å². The first-order valence-electron chi connectivity index (χ1n) is 9.09. The van der Waals surface area contributed by atoms with Gasteiger partial charge >= 0.3 is 0 Å². The second-order valence-electron chi connectivity index (χ2n) is 6.90. The Bertz CT molecular complexity index is 1280. The van der Waals surface area contributed by atoms with Crippen LogP contribution in [0.4, 0.5) is 0 Å².